The largest absolute Gasteiger partial charge is 0.491 e. The molecule has 0 aromatic heterocycles. The molecule has 0 aliphatic carbocycles. The van der Waals surface area contributed by atoms with Gasteiger partial charge in [0.1, 0.15) is 19.0 Å². The number of carbonyl (C=O) groups excluding carboxylic acids is 1. The number of nitrogens with one attached hydrogen (secondary N) is 2. The van der Waals surface area contributed by atoms with E-state index in [1.54, 1.807) is 31.2 Å². The Labute approximate surface area is 181 Å². The maximum atomic E-state index is 14.5. The fourth-order valence-electron chi connectivity index (χ4n) is 2.65. The molecule has 30 heavy (non-hydrogen) atoms. The van der Waals surface area contributed by atoms with E-state index in [0.29, 0.717) is 11.4 Å². The summed E-state index contributed by atoms with van der Waals surface area (Å²) in [6.45, 7) is 2.07. The van der Waals surface area contributed by atoms with Gasteiger partial charge in [-0.05, 0) is 55.0 Å². The summed E-state index contributed by atoms with van der Waals surface area (Å²) in [5.74, 6) is -2.27. The van der Waals surface area contributed by atoms with Crippen LogP contribution in [0.4, 0.5) is 20.2 Å². The second-order valence-corrected chi connectivity index (χ2v) is 7.23. The van der Waals surface area contributed by atoms with Gasteiger partial charge in [0.25, 0.3) is 5.91 Å². The van der Waals surface area contributed by atoms with Crippen LogP contribution in [0.1, 0.15) is 15.9 Å². The van der Waals surface area contributed by atoms with Gasteiger partial charge in [0.05, 0.1) is 11.3 Å². The quantitative estimate of drug-likeness (QED) is 0.332. The number of carbonyl (C=O) groups is 1. The zero-order valence-electron chi connectivity index (χ0n) is 16.0. The van der Waals surface area contributed by atoms with Crippen molar-refractivity contribution in [3.05, 3.63) is 87.9 Å². The van der Waals surface area contributed by atoms with Crippen LogP contribution in [0.15, 0.2) is 65.1 Å². The molecule has 2 N–H and O–H groups in total. The molecule has 0 aliphatic heterocycles. The Morgan fingerprint density at radius 3 is 2.53 bits per heavy atom. The van der Waals surface area contributed by atoms with Crippen LogP contribution in [0.25, 0.3) is 0 Å². The number of anilines is 2. The first-order chi connectivity index (χ1) is 14.5. The maximum Gasteiger partial charge on any atom is 0.277 e. The normalized spacial score (nSPS) is 10.5. The van der Waals surface area contributed by atoms with Gasteiger partial charge in [-0.25, -0.2) is 14.3 Å². The van der Waals surface area contributed by atoms with Crippen molar-refractivity contribution in [1.82, 2.24) is 5.48 Å². The number of aryl methyl sites for hydroxylation is 1. The first-order valence-corrected chi connectivity index (χ1v) is 9.86. The number of ether oxygens (including phenoxy) is 1. The van der Waals surface area contributed by atoms with Crippen molar-refractivity contribution in [2.24, 2.45) is 0 Å². The van der Waals surface area contributed by atoms with E-state index < -0.39 is 17.5 Å². The molecule has 5 nitrogen and oxygen atoms in total. The van der Waals surface area contributed by atoms with Gasteiger partial charge < -0.3 is 10.1 Å². The second kappa shape index (κ2) is 10.2. The van der Waals surface area contributed by atoms with Crippen molar-refractivity contribution in [2.45, 2.75) is 6.92 Å². The molecular weight excluding hydrogens is 458 g/mol. The lowest BCUT2D eigenvalue weighted by atomic mass is 10.1. The van der Waals surface area contributed by atoms with Crippen LogP contribution in [-0.4, -0.2) is 19.1 Å². The van der Waals surface area contributed by atoms with E-state index in [1.165, 1.54) is 6.07 Å². The predicted octanol–water partition coefficient (Wildman–Crippen LogP) is 5.52. The van der Waals surface area contributed by atoms with E-state index in [2.05, 4.69) is 26.7 Å². The number of hydroxylamine groups is 1. The molecule has 0 radical (unpaired) electrons. The smallest absolute Gasteiger partial charge is 0.277 e. The van der Waals surface area contributed by atoms with Crippen LogP contribution in [0, 0.1) is 18.6 Å². The van der Waals surface area contributed by atoms with Crippen molar-refractivity contribution in [2.75, 3.05) is 18.5 Å². The number of amides is 1. The molecular formula is C22H19BrF2N2O3. The number of benzene rings is 3. The summed E-state index contributed by atoms with van der Waals surface area (Å²) in [5, 5.41) is 2.80. The molecule has 3 aromatic rings. The highest BCUT2D eigenvalue weighted by atomic mass is 79.9. The number of rotatable bonds is 8. The molecule has 0 bridgehead atoms. The molecule has 0 heterocycles. The molecule has 0 unspecified atom stereocenters. The predicted molar refractivity (Wildman–Crippen MR) is 114 cm³/mol. The molecule has 3 aromatic carbocycles. The van der Waals surface area contributed by atoms with Gasteiger partial charge in [-0.3, -0.25) is 9.63 Å². The third-order valence-electron chi connectivity index (χ3n) is 4.15. The molecule has 1 amide bonds. The number of hydrogen-bond donors (Lipinski definition) is 2. The highest BCUT2D eigenvalue weighted by Gasteiger charge is 2.20. The van der Waals surface area contributed by atoms with E-state index in [-0.39, 0.29) is 24.5 Å². The molecule has 0 fully saturated rings. The summed E-state index contributed by atoms with van der Waals surface area (Å²) >= 11 is 3.35. The van der Waals surface area contributed by atoms with Gasteiger partial charge in [0.15, 0.2) is 11.6 Å². The third kappa shape index (κ3) is 5.55. The van der Waals surface area contributed by atoms with E-state index in [1.807, 2.05) is 24.3 Å². The minimum atomic E-state index is -1.16. The summed E-state index contributed by atoms with van der Waals surface area (Å²) in [6, 6.07) is 16.5. The van der Waals surface area contributed by atoms with Gasteiger partial charge in [-0.15, -0.1) is 0 Å². The lowest BCUT2D eigenvalue weighted by molar-refractivity contribution is 0.0201. The first-order valence-electron chi connectivity index (χ1n) is 9.07. The SMILES string of the molecule is Cc1cc(Br)ccc1Nc1c(C(=O)NOCCOc2ccccc2)ccc(F)c1F. The fourth-order valence-corrected chi connectivity index (χ4v) is 3.13. The second-order valence-electron chi connectivity index (χ2n) is 6.31. The van der Waals surface area contributed by atoms with Crippen molar-refractivity contribution >= 4 is 33.2 Å². The first kappa shape index (κ1) is 21.7. The van der Waals surface area contributed by atoms with Crippen LogP contribution in [0.2, 0.25) is 0 Å². The maximum absolute atomic E-state index is 14.5. The minimum Gasteiger partial charge on any atom is -0.491 e. The van der Waals surface area contributed by atoms with E-state index >= 15 is 0 Å². The monoisotopic (exact) mass is 476 g/mol. The summed E-state index contributed by atoms with van der Waals surface area (Å²) in [6.07, 6.45) is 0. The average Bonchev–Trinajstić information content (AvgIpc) is 2.73. The Kier molecular flexibility index (Phi) is 7.37. The summed E-state index contributed by atoms with van der Waals surface area (Å²) < 4.78 is 34.6. The Morgan fingerprint density at radius 2 is 1.80 bits per heavy atom. The number of para-hydroxylation sites is 1. The lowest BCUT2D eigenvalue weighted by Gasteiger charge is -2.15. The molecule has 156 valence electrons. The molecule has 0 atom stereocenters. The van der Waals surface area contributed by atoms with E-state index in [0.717, 1.165) is 16.1 Å². The number of halogens is 3. The van der Waals surface area contributed by atoms with Crippen LogP contribution < -0.4 is 15.5 Å². The topological polar surface area (TPSA) is 59.6 Å². The van der Waals surface area contributed by atoms with Gasteiger partial charge in [-0.1, -0.05) is 34.1 Å². The van der Waals surface area contributed by atoms with Crippen LogP contribution >= 0.6 is 15.9 Å². The van der Waals surface area contributed by atoms with E-state index in [9.17, 15) is 13.6 Å². The van der Waals surface area contributed by atoms with Crippen molar-refractivity contribution in [3.8, 4) is 5.75 Å². The molecule has 0 saturated carbocycles. The number of hydrogen-bond acceptors (Lipinski definition) is 4. The Balaban J connectivity index is 1.65. The molecule has 0 saturated heterocycles. The standard InChI is InChI=1S/C22H19BrF2N2O3/c1-14-13-15(23)7-10-19(14)26-21-17(8-9-18(24)20(21)25)22(28)27-30-12-11-29-16-5-3-2-4-6-16/h2-10,13,26H,11-12H2,1H3,(H,27,28). The third-order valence-corrected chi connectivity index (χ3v) is 4.64. The van der Waals surface area contributed by atoms with Crippen LogP contribution in [0.3, 0.4) is 0 Å². The van der Waals surface area contributed by atoms with Crippen molar-refractivity contribution in [3.63, 3.8) is 0 Å². The van der Waals surface area contributed by atoms with Crippen molar-refractivity contribution in [1.29, 1.82) is 0 Å². The molecule has 0 spiro atoms. The zero-order valence-corrected chi connectivity index (χ0v) is 17.6. The van der Waals surface area contributed by atoms with Crippen LogP contribution in [-0.2, 0) is 4.84 Å². The van der Waals surface area contributed by atoms with Crippen molar-refractivity contribution < 1.29 is 23.1 Å². The summed E-state index contributed by atoms with van der Waals surface area (Å²) in [4.78, 5) is 17.6. The van der Waals surface area contributed by atoms with Gasteiger partial charge in [0, 0.05) is 10.2 Å². The molecule has 3 rings (SSSR count). The average molecular weight is 477 g/mol. The highest BCUT2D eigenvalue weighted by Crippen LogP contribution is 2.29. The van der Waals surface area contributed by atoms with Gasteiger partial charge in [-0.2, -0.15) is 0 Å². The minimum absolute atomic E-state index is 0.0683. The van der Waals surface area contributed by atoms with Gasteiger partial charge in [0.2, 0.25) is 0 Å². The Bertz CT molecular complexity index is 1030. The van der Waals surface area contributed by atoms with Crippen LogP contribution in [0.5, 0.6) is 5.75 Å². The lowest BCUT2D eigenvalue weighted by Crippen LogP contribution is -2.27. The molecule has 8 heteroatoms. The van der Waals surface area contributed by atoms with Gasteiger partial charge >= 0.3 is 0 Å². The summed E-state index contributed by atoms with van der Waals surface area (Å²) in [5.41, 5.74) is 3.18. The highest BCUT2D eigenvalue weighted by molar-refractivity contribution is 9.10. The Morgan fingerprint density at radius 1 is 1.03 bits per heavy atom. The van der Waals surface area contributed by atoms with E-state index in [4.69, 9.17) is 9.57 Å². The Hall–Kier alpha value is -2.97. The fraction of sp³-hybridized carbons (Fsp3) is 0.136. The molecule has 0 aliphatic rings. The zero-order chi connectivity index (χ0) is 21.5. The summed E-state index contributed by atoms with van der Waals surface area (Å²) in [7, 11) is 0.